The molecule has 0 aliphatic carbocycles. The molecule has 0 saturated carbocycles. The van der Waals surface area contributed by atoms with Gasteiger partial charge in [0.1, 0.15) is 5.52 Å². The van der Waals surface area contributed by atoms with Crippen LogP contribution < -0.4 is 5.69 Å². The molecule has 1 fully saturated rings. The maximum absolute atomic E-state index is 12.7. The predicted octanol–water partition coefficient (Wildman–Crippen LogP) is 3.43. The third-order valence-corrected chi connectivity index (χ3v) is 6.17. The van der Waals surface area contributed by atoms with E-state index in [0.717, 1.165) is 16.7 Å². The number of hydrogen-bond acceptors (Lipinski definition) is 5. The van der Waals surface area contributed by atoms with Gasteiger partial charge < -0.3 is 14.6 Å². The van der Waals surface area contributed by atoms with Crippen molar-refractivity contribution in [1.82, 2.24) is 24.4 Å². The summed E-state index contributed by atoms with van der Waals surface area (Å²) in [7, 11) is 0. The zero-order chi connectivity index (χ0) is 23.7. The number of carbonyl (C=O) groups excluding carboxylic acids is 1. The maximum Gasteiger partial charge on any atom is 0.328 e. The highest BCUT2D eigenvalue weighted by atomic mass is 16.5. The Morgan fingerprint density at radius 3 is 2.56 bits per heavy atom. The molecule has 1 amide bonds. The molecule has 34 heavy (non-hydrogen) atoms. The number of aromatic nitrogens is 4. The molecule has 0 bridgehead atoms. The summed E-state index contributed by atoms with van der Waals surface area (Å²) in [5.74, 6) is 0.916. The number of aromatic amines is 1. The van der Waals surface area contributed by atoms with Crippen LogP contribution in [0.25, 0.3) is 22.6 Å². The smallest absolute Gasteiger partial charge is 0.328 e. The number of carbonyl (C=O) groups is 1. The van der Waals surface area contributed by atoms with Gasteiger partial charge in [0, 0.05) is 24.2 Å². The highest BCUT2D eigenvalue weighted by molar-refractivity contribution is 5.94. The molecule has 1 aliphatic heterocycles. The lowest BCUT2D eigenvalue weighted by molar-refractivity contribution is 0.0303. The number of ether oxygens (including phenoxy) is 1. The number of fused-ring (bicyclic) bond motifs is 1. The Labute approximate surface area is 197 Å². The predicted molar refractivity (Wildman–Crippen MR) is 130 cm³/mol. The molecular weight excluding hydrogens is 430 g/mol. The molecule has 2 aromatic heterocycles. The van der Waals surface area contributed by atoms with E-state index in [2.05, 4.69) is 29.9 Å². The second kappa shape index (κ2) is 9.23. The summed E-state index contributed by atoms with van der Waals surface area (Å²) in [6.07, 6.45) is 1.66. The van der Waals surface area contributed by atoms with Gasteiger partial charge in [-0.2, -0.15) is 0 Å². The van der Waals surface area contributed by atoms with E-state index < -0.39 is 0 Å². The van der Waals surface area contributed by atoms with Gasteiger partial charge in [-0.05, 0) is 29.2 Å². The lowest BCUT2D eigenvalue weighted by atomic mass is 9.97. The number of amides is 1. The monoisotopic (exact) mass is 457 g/mol. The number of rotatable bonds is 5. The molecule has 0 unspecified atom stereocenters. The molecule has 1 saturated heterocycles. The normalized spacial score (nSPS) is 14.1. The molecule has 0 atom stereocenters. The van der Waals surface area contributed by atoms with Crippen molar-refractivity contribution in [3.63, 3.8) is 0 Å². The van der Waals surface area contributed by atoms with E-state index in [1.165, 1.54) is 0 Å². The fourth-order valence-corrected chi connectivity index (χ4v) is 4.31. The van der Waals surface area contributed by atoms with Crippen LogP contribution in [0.15, 0.2) is 59.5 Å². The summed E-state index contributed by atoms with van der Waals surface area (Å²) >= 11 is 0. The molecule has 174 valence electrons. The fraction of sp³-hybridized carbons (Fsp3) is 0.308. The zero-order valence-electron chi connectivity index (χ0n) is 19.3. The number of hydrogen-bond donors (Lipinski definition) is 1. The van der Waals surface area contributed by atoms with Crippen LogP contribution in [0.3, 0.4) is 0 Å². The first-order valence-electron chi connectivity index (χ1n) is 11.5. The molecule has 5 rings (SSSR count). The summed E-state index contributed by atoms with van der Waals surface area (Å²) < 4.78 is 6.93. The Hall–Kier alpha value is -3.78. The molecule has 0 spiro atoms. The SMILES string of the molecule is CC(C)c1ccccc1-c1ncc2[nH]c(=O)n(Cc3ccc(C(=O)N4CCOCC4)cc3)c2n1. The fourth-order valence-electron chi connectivity index (χ4n) is 4.31. The number of benzene rings is 2. The van der Waals surface area contributed by atoms with Gasteiger partial charge in [0.15, 0.2) is 11.5 Å². The van der Waals surface area contributed by atoms with E-state index >= 15 is 0 Å². The van der Waals surface area contributed by atoms with Crippen LogP contribution in [0.2, 0.25) is 0 Å². The van der Waals surface area contributed by atoms with Crippen molar-refractivity contribution in [2.75, 3.05) is 26.3 Å². The van der Waals surface area contributed by atoms with Gasteiger partial charge in [-0.25, -0.2) is 14.8 Å². The number of nitrogens with zero attached hydrogens (tertiary/aromatic N) is 4. The molecule has 3 heterocycles. The van der Waals surface area contributed by atoms with E-state index in [1.807, 2.05) is 42.5 Å². The minimum atomic E-state index is -0.243. The van der Waals surface area contributed by atoms with Crippen LogP contribution >= 0.6 is 0 Å². The number of H-pyrrole nitrogens is 1. The van der Waals surface area contributed by atoms with Crippen LogP contribution in [-0.4, -0.2) is 56.6 Å². The average Bonchev–Trinajstić information content (AvgIpc) is 3.18. The van der Waals surface area contributed by atoms with E-state index in [9.17, 15) is 9.59 Å². The lowest BCUT2D eigenvalue weighted by Gasteiger charge is -2.26. The maximum atomic E-state index is 12.7. The van der Waals surface area contributed by atoms with E-state index in [4.69, 9.17) is 9.72 Å². The van der Waals surface area contributed by atoms with Crippen molar-refractivity contribution in [1.29, 1.82) is 0 Å². The topological polar surface area (TPSA) is 93.1 Å². The lowest BCUT2D eigenvalue weighted by Crippen LogP contribution is -2.40. The quantitative estimate of drug-likeness (QED) is 0.496. The zero-order valence-corrected chi connectivity index (χ0v) is 19.3. The van der Waals surface area contributed by atoms with Gasteiger partial charge in [-0.1, -0.05) is 50.2 Å². The standard InChI is InChI=1S/C26H27N5O3/c1-17(2)20-5-3-4-6-21(20)23-27-15-22-24(29-23)31(26(33)28-22)16-18-7-9-19(10-8-18)25(32)30-11-13-34-14-12-30/h3-10,15,17H,11-14,16H2,1-2H3,(H,28,33). The largest absolute Gasteiger partial charge is 0.378 e. The molecule has 4 aromatic rings. The van der Waals surface area contributed by atoms with Crippen LogP contribution in [0.5, 0.6) is 0 Å². The van der Waals surface area contributed by atoms with Gasteiger partial charge >= 0.3 is 5.69 Å². The second-order valence-corrected chi connectivity index (χ2v) is 8.79. The summed E-state index contributed by atoms with van der Waals surface area (Å²) in [4.78, 5) is 39.3. The molecule has 1 aliphatic rings. The molecule has 8 nitrogen and oxygen atoms in total. The van der Waals surface area contributed by atoms with Crippen molar-refractivity contribution in [3.05, 3.63) is 81.9 Å². The first kappa shape index (κ1) is 22.0. The minimum absolute atomic E-state index is 0.000289. The van der Waals surface area contributed by atoms with Crippen LogP contribution in [0.4, 0.5) is 0 Å². The summed E-state index contributed by atoms with van der Waals surface area (Å²) in [5, 5.41) is 0. The molecular formula is C26H27N5O3. The number of imidazole rings is 1. The molecule has 8 heteroatoms. The third kappa shape index (κ3) is 4.24. The van der Waals surface area contributed by atoms with Crippen LogP contribution in [-0.2, 0) is 11.3 Å². The minimum Gasteiger partial charge on any atom is -0.378 e. The Balaban J connectivity index is 1.44. The third-order valence-electron chi connectivity index (χ3n) is 6.17. The second-order valence-electron chi connectivity index (χ2n) is 8.79. The Morgan fingerprint density at radius 1 is 1.09 bits per heavy atom. The van der Waals surface area contributed by atoms with Crippen molar-refractivity contribution in [2.24, 2.45) is 0 Å². The highest BCUT2D eigenvalue weighted by Crippen LogP contribution is 2.27. The van der Waals surface area contributed by atoms with Gasteiger partial charge in [0.2, 0.25) is 0 Å². The van der Waals surface area contributed by atoms with Gasteiger partial charge in [0.25, 0.3) is 5.91 Å². The Morgan fingerprint density at radius 2 is 1.82 bits per heavy atom. The highest BCUT2D eigenvalue weighted by Gasteiger charge is 2.19. The molecule has 0 radical (unpaired) electrons. The first-order chi connectivity index (χ1) is 16.5. The molecule has 2 aromatic carbocycles. The van der Waals surface area contributed by atoms with Crippen LogP contribution in [0.1, 0.15) is 41.3 Å². The summed E-state index contributed by atoms with van der Waals surface area (Å²) in [6, 6.07) is 15.5. The number of morpholine rings is 1. The number of nitrogens with one attached hydrogen (secondary N) is 1. The van der Waals surface area contributed by atoms with E-state index in [0.29, 0.717) is 61.3 Å². The van der Waals surface area contributed by atoms with Crippen molar-refractivity contribution in [2.45, 2.75) is 26.3 Å². The van der Waals surface area contributed by atoms with Crippen molar-refractivity contribution in [3.8, 4) is 11.4 Å². The van der Waals surface area contributed by atoms with Gasteiger partial charge in [-0.3, -0.25) is 9.36 Å². The van der Waals surface area contributed by atoms with Gasteiger partial charge in [0.05, 0.1) is 26.0 Å². The Bertz CT molecular complexity index is 1380. The van der Waals surface area contributed by atoms with Crippen molar-refractivity contribution < 1.29 is 9.53 Å². The summed E-state index contributed by atoms with van der Waals surface area (Å²) in [6.45, 7) is 6.96. The first-order valence-corrected chi connectivity index (χ1v) is 11.5. The van der Waals surface area contributed by atoms with E-state index in [-0.39, 0.29) is 11.6 Å². The van der Waals surface area contributed by atoms with Crippen LogP contribution in [0, 0.1) is 0 Å². The van der Waals surface area contributed by atoms with E-state index in [1.54, 1.807) is 15.7 Å². The Kier molecular flexibility index (Phi) is 5.98. The van der Waals surface area contributed by atoms with Gasteiger partial charge in [-0.15, -0.1) is 0 Å². The summed E-state index contributed by atoms with van der Waals surface area (Å²) in [5.41, 5.74) is 4.57. The molecule has 1 N–H and O–H groups in total. The van der Waals surface area contributed by atoms with Crippen molar-refractivity contribution >= 4 is 17.1 Å². The average molecular weight is 458 g/mol.